The number of esters is 1. The summed E-state index contributed by atoms with van der Waals surface area (Å²) in [4.78, 5) is 47.8. The van der Waals surface area contributed by atoms with Crippen molar-refractivity contribution < 1.29 is 23.1 Å². The van der Waals surface area contributed by atoms with Crippen LogP contribution in [0.25, 0.3) is 11.0 Å². The summed E-state index contributed by atoms with van der Waals surface area (Å²) in [6, 6.07) is 4.42. The van der Waals surface area contributed by atoms with E-state index in [1.54, 1.807) is 13.8 Å². The number of H-pyrrole nitrogens is 1. The topological polar surface area (TPSA) is 114 Å². The molecule has 0 bridgehead atoms. The van der Waals surface area contributed by atoms with Crippen LogP contribution < -0.4 is 10.9 Å². The first-order valence-electron chi connectivity index (χ1n) is 8.62. The SMILES string of the molecule is COC(=O)c1cc(C)nc2nc(S[C@H](C)C(=O)Nc3ccc(F)c(F)c3)[nH]c(=O)c12. The Kier molecular flexibility index (Phi) is 6.11. The number of amides is 1. The van der Waals surface area contributed by atoms with Crippen molar-refractivity contribution in [1.29, 1.82) is 0 Å². The van der Waals surface area contributed by atoms with E-state index in [0.29, 0.717) is 5.69 Å². The zero-order valence-electron chi connectivity index (χ0n) is 16.1. The summed E-state index contributed by atoms with van der Waals surface area (Å²) in [6.45, 7) is 3.19. The van der Waals surface area contributed by atoms with Gasteiger partial charge in [-0.2, -0.15) is 0 Å². The van der Waals surface area contributed by atoms with Gasteiger partial charge in [0.15, 0.2) is 22.4 Å². The molecule has 1 aromatic carbocycles. The van der Waals surface area contributed by atoms with Gasteiger partial charge in [-0.15, -0.1) is 0 Å². The highest BCUT2D eigenvalue weighted by atomic mass is 32.2. The first-order valence-corrected chi connectivity index (χ1v) is 9.50. The minimum atomic E-state index is -1.09. The fourth-order valence-electron chi connectivity index (χ4n) is 2.61. The van der Waals surface area contributed by atoms with Gasteiger partial charge in [-0.1, -0.05) is 11.8 Å². The molecule has 11 heteroatoms. The molecule has 1 atom stereocenters. The lowest BCUT2D eigenvalue weighted by molar-refractivity contribution is -0.115. The predicted molar refractivity (Wildman–Crippen MR) is 107 cm³/mol. The third kappa shape index (κ3) is 4.46. The number of nitrogens with zero attached hydrogens (tertiary/aromatic N) is 2. The summed E-state index contributed by atoms with van der Waals surface area (Å²) in [5, 5.41) is 1.80. The minimum Gasteiger partial charge on any atom is -0.465 e. The molecule has 0 saturated heterocycles. The van der Waals surface area contributed by atoms with Gasteiger partial charge >= 0.3 is 5.97 Å². The van der Waals surface area contributed by atoms with Crippen molar-refractivity contribution in [3.63, 3.8) is 0 Å². The number of carbonyl (C=O) groups is 2. The lowest BCUT2D eigenvalue weighted by atomic mass is 10.1. The number of fused-ring (bicyclic) bond motifs is 1. The predicted octanol–water partition coefficient (Wildman–Crippen LogP) is 2.81. The van der Waals surface area contributed by atoms with E-state index >= 15 is 0 Å². The number of hydrogen-bond acceptors (Lipinski definition) is 7. The highest BCUT2D eigenvalue weighted by molar-refractivity contribution is 8.00. The molecule has 8 nitrogen and oxygen atoms in total. The van der Waals surface area contributed by atoms with Crippen LogP contribution in [-0.2, 0) is 9.53 Å². The maximum atomic E-state index is 13.3. The number of thioether (sulfide) groups is 1. The smallest absolute Gasteiger partial charge is 0.338 e. The van der Waals surface area contributed by atoms with Crippen LogP contribution >= 0.6 is 11.8 Å². The van der Waals surface area contributed by atoms with Gasteiger partial charge in [-0.3, -0.25) is 9.59 Å². The molecule has 3 aromatic rings. The van der Waals surface area contributed by atoms with Crippen LogP contribution in [0.2, 0.25) is 0 Å². The largest absolute Gasteiger partial charge is 0.465 e. The highest BCUT2D eigenvalue weighted by Crippen LogP contribution is 2.23. The van der Waals surface area contributed by atoms with Crippen molar-refractivity contribution in [2.45, 2.75) is 24.3 Å². The van der Waals surface area contributed by atoms with E-state index in [9.17, 15) is 23.2 Å². The van der Waals surface area contributed by atoms with Crippen molar-refractivity contribution in [2.24, 2.45) is 0 Å². The Bertz CT molecular complexity index is 1220. The van der Waals surface area contributed by atoms with Gasteiger partial charge < -0.3 is 15.0 Å². The zero-order valence-corrected chi connectivity index (χ0v) is 16.9. The molecular weight excluding hydrogens is 418 g/mol. The van der Waals surface area contributed by atoms with Gasteiger partial charge in [0.05, 0.1) is 23.3 Å². The monoisotopic (exact) mass is 434 g/mol. The van der Waals surface area contributed by atoms with Gasteiger partial charge in [0.1, 0.15) is 0 Å². The molecule has 0 fully saturated rings. The molecule has 0 aliphatic carbocycles. The number of rotatable bonds is 5. The standard InChI is InChI=1S/C19H16F2N4O4S/c1-8-6-11(18(28)29-3)14-15(22-8)24-19(25-17(14)27)30-9(2)16(26)23-10-4-5-12(20)13(21)7-10/h4-7,9H,1-3H3,(H,23,26)(H,22,24,25,27)/t9-/m1/s1. The molecular formula is C19H16F2N4O4S. The maximum Gasteiger partial charge on any atom is 0.338 e. The van der Waals surface area contributed by atoms with Crippen LogP contribution in [-0.4, -0.2) is 39.2 Å². The molecule has 0 unspecified atom stereocenters. The number of hydrogen-bond donors (Lipinski definition) is 2. The molecule has 2 heterocycles. The number of carbonyl (C=O) groups excluding carboxylic acids is 2. The van der Waals surface area contributed by atoms with Gasteiger partial charge in [0, 0.05) is 17.4 Å². The summed E-state index contributed by atoms with van der Waals surface area (Å²) >= 11 is 0.930. The van der Waals surface area contributed by atoms with E-state index in [0.717, 1.165) is 23.9 Å². The maximum absolute atomic E-state index is 13.3. The van der Waals surface area contributed by atoms with Gasteiger partial charge in [0.2, 0.25) is 5.91 Å². The molecule has 2 aromatic heterocycles. The van der Waals surface area contributed by atoms with E-state index < -0.39 is 34.3 Å². The summed E-state index contributed by atoms with van der Waals surface area (Å²) < 4.78 is 31.0. The van der Waals surface area contributed by atoms with E-state index in [4.69, 9.17) is 4.74 Å². The Morgan fingerprint density at radius 1 is 1.20 bits per heavy atom. The fraction of sp³-hybridized carbons (Fsp3) is 0.211. The van der Waals surface area contributed by atoms with Crippen molar-refractivity contribution >= 4 is 40.4 Å². The van der Waals surface area contributed by atoms with Crippen LogP contribution in [0.4, 0.5) is 14.5 Å². The van der Waals surface area contributed by atoms with Crippen LogP contribution in [0.5, 0.6) is 0 Å². The zero-order chi connectivity index (χ0) is 22.0. The first kappa shape index (κ1) is 21.4. The second-order valence-corrected chi connectivity index (χ2v) is 7.58. The number of benzene rings is 1. The van der Waals surface area contributed by atoms with E-state index in [2.05, 4.69) is 20.3 Å². The number of aromatic nitrogens is 3. The average Bonchev–Trinajstić information content (AvgIpc) is 2.69. The number of anilines is 1. The van der Waals surface area contributed by atoms with Crippen molar-refractivity contribution in [3.05, 3.63) is 57.5 Å². The number of aryl methyl sites for hydroxylation is 1. The van der Waals surface area contributed by atoms with Crippen LogP contribution in [0.3, 0.4) is 0 Å². The number of ether oxygens (including phenoxy) is 1. The number of aromatic amines is 1. The van der Waals surface area contributed by atoms with Gasteiger partial charge in [0.25, 0.3) is 5.56 Å². The Hall–Kier alpha value is -3.34. The molecule has 156 valence electrons. The summed E-state index contributed by atoms with van der Waals surface area (Å²) in [6.07, 6.45) is 0. The lowest BCUT2D eigenvalue weighted by Gasteiger charge is -2.12. The van der Waals surface area contributed by atoms with Crippen molar-refractivity contribution in [3.8, 4) is 0 Å². The Labute approximate surface area is 173 Å². The van der Waals surface area contributed by atoms with Crippen LogP contribution in [0, 0.1) is 18.6 Å². The molecule has 0 aliphatic heterocycles. The molecule has 0 aliphatic rings. The molecule has 0 radical (unpaired) electrons. The summed E-state index contributed by atoms with van der Waals surface area (Å²) in [5.41, 5.74) is 0.0142. The normalized spacial score (nSPS) is 11.9. The molecule has 3 rings (SSSR count). The first-order chi connectivity index (χ1) is 14.2. The molecule has 2 N–H and O–H groups in total. The Morgan fingerprint density at radius 2 is 1.93 bits per heavy atom. The minimum absolute atomic E-state index is 0.0179. The fourth-order valence-corrected chi connectivity index (χ4v) is 3.40. The molecule has 0 saturated carbocycles. The molecule has 0 spiro atoms. The number of halogens is 2. The highest BCUT2D eigenvalue weighted by Gasteiger charge is 2.20. The number of pyridine rings is 1. The molecule has 1 amide bonds. The number of methoxy groups -OCH3 is 1. The molecule has 30 heavy (non-hydrogen) atoms. The number of nitrogens with one attached hydrogen (secondary N) is 2. The van der Waals surface area contributed by atoms with Crippen LogP contribution in [0.1, 0.15) is 23.0 Å². The van der Waals surface area contributed by atoms with Crippen LogP contribution in [0.15, 0.2) is 34.2 Å². The van der Waals surface area contributed by atoms with Crippen molar-refractivity contribution in [1.82, 2.24) is 15.0 Å². The van der Waals surface area contributed by atoms with E-state index in [1.807, 2.05) is 0 Å². The lowest BCUT2D eigenvalue weighted by Crippen LogP contribution is -2.23. The van der Waals surface area contributed by atoms with Gasteiger partial charge in [-0.05, 0) is 32.0 Å². The summed E-state index contributed by atoms with van der Waals surface area (Å²) in [5.74, 6) is -3.32. The third-order valence-electron chi connectivity index (χ3n) is 4.03. The van der Waals surface area contributed by atoms with E-state index in [1.165, 1.54) is 19.2 Å². The Balaban J connectivity index is 1.86. The quantitative estimate of drug-likeness (QED) is 0.361. The van der Waals surface area contributed by atoms with E-state index in [-0.39, 0.29) is 27.4 Å². The van der Waals surface area contributed by atoms with Crippen molar-refractivity contribution in [2.75, 3.05) is 12.4 Å². The third-order valence-corrected chi connectivity index (χ3v) is 5.02. The second kappa shape index (κ2) is 8.57. The summed E-state index contributed by atoms with van der Waals surface area (Å²) in [7, 11) is 1.20. The average molecular weight is 434 g/mol. The second-order valence-electron chi connectivity index (χ2n) is 6.25. The Morgan fingerprint density at radius 3 is 2.60 bits per heavy atom. The van der Waals surface area contributed by atoms with Gasteiger partial charge in [-0.25, -0.2) is 23.5 Å².